The van der Waals surface area contributed by atoms with Crippen LogP contribution in [-0.2, 0) is 15.7 Å². The molecular formula is C19H29BF2O2. The summed E-state index contributed by atoms with van der Waals surface area (Å²) in [7, 11) is -0.919. The number of rotatable bonds is 9. The van der Waals surface area contributed by atoms with Crippen LogP contribution in [0.5, 0.6) is 0 Å². The number of hydrogen-bond acceptors (Lipinski definition) is 2. The minimum atomic E-state index is -0.919. The minimum Gasteiger partial charge on any atom is -0.407 e. The summed E-state index contributed by atoms with van der Waals surface area (Å²) < 4.78 is 39.9. The first-order chi connectivity index (χ1) is 11.7. The molecule has 0 aromatic heterocycles. The standard InChI is InChI=1S/C19H29BF2O2/c1-3-5-7-9-15-11-17(21)19(18(22)12-15)20-23-13-16(14-24-20)10-8-6-4-2/h11-12,16H,3-10,13-14H2,1-2H3. The fraction of sp³-hybridized carbons (Fsp3) is 0.684. The molecular weight excluding hydrogens is 309 g/mol. The summed E-state index contributed by atoms with van der Waals surface area (Å²) in [5.74, 6) is -0.792. The quantitative estimate of drug-likeness (QED) is 0.483. The Labute approximate surface area is 145 Å². The molecule has 134 valence electrons. The fourth-order valence-corrected chi connectivity index (χ4v) is 3.14. The third kappa shape index (κ3) is 5.56. The highest BCUT2D eigenvalue weighted by Gasteiger charge is 2.34. The molecule has 1 saturated heterocycles. The maximum atomic E-state index is 14.4. The van der Waals surface area contributed by atoms with E-state index in [0.29, 0.717) is 31.1 Å². The van der Waals surface area contributed by atoms with Crippen LogP contribution in [0, 0.1) is 17.6 Å². The molecule has 0 saturated carbocycles. The molecule has 0 aliphatic carbocycles. The highest BCUT2D eigenvalue weighted by atomic mass is 19.1. The highest BCUT2D eigenvalue weighted by Crippen LogP contribution is 2.18. The number of hydrogen-bond donors (Lipinski definition) is 0. The zero-order chi connectivity index (χ0) is 17.4. The maximum absolute atomic E-state index is 14.4. The van der Waals surface area contributed by atoms with E-state index in [2.05, 4.69) is 13.8 Å². The lowest BCUT2D eigenvalue weighted by atomic mass is 9.75. The molecule has 1 aliphatic rings. The van der Waals surface area contributed by atoms with Crippen LogP contribution in [0.2, 0.25) is 0 Å². The van der Waals surface area contributed by atoms with Gasteiger partial charge in [0.25, 0.3) is 0 Å². The van der Waals surface area contributed by atoms with Crippen LogP contribution in [-0.4, -0.2) is 20.3 Å². The molecule has 0 unspecified atom stereocenters. The molecule has 1 fully saturated rings. The van der Waals surface area contributed by atoms with Gasteiger partial charge in [0.15, 0.2) is 0 Å². The zero-order valence-electron chi connectivity index (χ0n) is 15.0. The van der Waals surface area contributed by atoms with Gasteiger partial charge in [0, 0.05) is 19.1 Å². The van der Waals surface area contributed by atoms with Gasteiger partial charge in [0.1, 0.15) is 11.6 Å². The van der Waals surface area contributed by atoms with E-state index in [1.807, 2.05) is 0 Å². The van der Waals surface area contributed by atoms with E-state index >= 15 is 0 Å². The molecule has 1 aromatic carbocycles. The Kier molecular flexibility index (Phi) is 8.20. The molecule has 0 N–H and O–H groups in total. The van der Waals surface area contributed by atoms with E-state index in [1.54, 1.807) is 0 Å². The molecule has 5 heteroatoms. The molecule has 1 heterocycles. The monoisotopic (exact) mass is 338 g/mol. The lowest BCUT2D eigenvalue weighted by molar-refractivity contribution is 0.0803. The van der Waals surface area contributed by atoms with E-state index < -0.39 is 18.8 Å². The molecule has 0 radical (unpaired) electrons. The van der Waals surface area contributed by atoms with Crippen LogP contribution in [0.1, 0.15) is 64.4 Å². The second-order valence-electron chi connectivity index (χ2n) is 6.79. The number of unbranched alkanes of at least 4 members (excludes halogenated alkanes) is 4. The Bertz CT molecular complexity index is 479. The van der Waals surface area contributed by atoms with Crippen molar-refractivity contribution in [3.05, 3.63) is 29.3 Å². The lowest BCUT2D eigenvalue weighted by Gasteiger charge is -2.28. The molecule has 0 amide bonds. The third-order valence-corrected chi connectivity index (χ3v) is 4.63. The van der Waals surface area contributed by atoms with E-state index in [-0.39, 0.29) is 5.46 Å². The van der Waals surface area contributed by atoms with Gasteiger partial charge in [-0.15, -0.1) is 0 Å². The summed E-state index contributed by atoms with van der Waals surface area (Å²) in [5.41, 5.74) is 0.622. The van der Waals surface area contributed by atoms with Crippen molar-refractivity contribution >= 4 is 12.6 Å². The summed E-state index contributed by atoms with van der Waals surface area (Å²) >= 11 is 0. The van der Waals surface area contributed by atoms with E-state index in [0.717, 1.165) is 32.1 Å². The average Bonchev–Trinajstić information content (AvgIpc) is 2.56. The van der Waals surface area contributed by atoms with E-state index in [1.165, 1.54) is 25.0 Å². The van der Waals surface area contributed by atoms with Crippen molar-refractivity contribution in [1.29, 1.82) is 0 Å². The topological polar surface area (TPSA) is 18.5 Å². The third-order valence-electron chi connectivity index (χ3n) is 4.63. The smallest absolute Gasteiger partial charge is 0.407 e. The van der Waals surface area contributed by atoms with Gasteiger partial charge in [-0.1, -0.05) is 46.0 Å². The Balaban J connectivity index is 1.92. The molecule has 0 atom stereocenters. The van der Waals surface area contributed by atoms with Crippen molar-refractivity contribution in [1.82, 2.24) is 0 Å². The molecule has 1 aromatic rings. The minimum absolute atomic E-state index is 0.0822. The summed E-state index contributed by atoms with van der Waals surface area (Å²) in [6.07, 6.45) is 8.38. The lowest BCUT2D eigenvalue weighted by Crippen LogP contribution is -2.47. The zero-order valence-corrected chi connectivity index (χ0v) is 15.0. The second kappa shape index (κ2) is 10.1. The largest absolute Gasteiger partial charge is 0.499 e. The maximum Gasteiger partial charge on any atom is 0.499 e. The first-order valence-electron chi connectivity index (χ1n) is 9.36. The molecule has 0 spiro atoms. The Morgan fingerprint density at radius 1 is 0.958 bits per heavy atom. The van der Waals surface area contributed by atoms with Crippen LogP contribution < -0.4 is 5.46 Å². The van der Waals surface area contributed by atoms with Gasteiger partial charge in [-0.05, 0) is 37.0 Å². The van der Waals surface area contributed by atoms with Crippen LogP contribution in [0.15, 0.2) is 12.1 Å². The van der Waals surface area contributed by atoms with Crippen molar-refractivity contribution in [2.45, 2.75) is 65.2 Å². The van der Waals surface area contributed by atoms with Crippen molar-refractivity contribution in [2.24, 2.45) is 5.92 Å². The number of benzene rings is 1. The Hall–Kier alpha value is -0.935. The van der Waals surface area contributed by atoms with Crippen molar-refractivity contribution in [3.8, 4) is 0 Å². The summed E-state index contributed by atoms with van der Waals surface area (Å²) in [6, 6.07) is 2.85. The highest BCUT2D eigenvalue weighted by molar-refractivity contribution is 6.61. The number of halogens is 2. The van der Waals surface area contributed by atoms with Crippen molar-refractivity contribution in [2.75, 3.05) is 13.2 Å². The van der Waals surface area contributed by atoms with Crippen LogP contribution in [0.25, 0.3) is 0 Å². The van der Waals surface area contributed by atoms with Crippen molar-refractivity contribution < 1.29 is 18.1 Å². The summed E-state index contributed by atoms with van der Waals surface area (Å²) in [5, 5.41) is 0. The Morgan fingerprint density at radius 3 is 2.12 bits per heavy atom. The van der Waals surface area contributed by atoms with Gasteiger partial charge in [-0.25, -0.2) is 8.78 Å². The molecule has 0 bridgehead atoms. The predicted molar refractivity (Wildman–Crippen MR) is 94.5 cm³/mol. The van der Waals surface area contributed by atoms with Gasteiger partial charge in [-0.2, -0.15) is 0 Å². The van der Waals surface area contributed by atoms with Crippen LogP contribution in [0.4, 0.5) is 8.78 Å². The molecule has 24 heavy (non-hydrogen) atoms. The fourth-order valence-electron chi connectivity index (χ4n) is 3.14. The normalized spacial score (nSPS) is 15.9. The summed E-state index contributed by atoms with van der Waals surface area (Å²) in [6.45, 7) is 5.29. The van der Waals surface area contributed by atoms with Gasteiger partial charge in [0.05, 0.1) is 5.46 Å². The predicted octanol–water partition coefficient (Wildman–Crippen LogP) is 4.64. The second-order valence-corrected chi connectivity index (χ2v) is 6.79. The molecule has 1 aliphatic heterocycles. The van der Waals surface area contributed by atoms with Gasteiger partial charge >= 0.3 is 7.12 Å². The van der Waals surface area contributed by atoms with Crippen LogP contribution >= 0.6 is 0 Å². The average molecular weight is 338 g/mol. The van der Waals surface area contributed by atoms with E-state index in [4.69, 9.17) is 9.31 Å². The first-order valence-corrected chi connectivity index (χ1v) is 9.36. The van der Waals surface area contributed by atoms with Crippen molar-refractivity contribution in [3.63, 3.8) is 0 Å². The SMILES string of the molecule is CCCCCc1cc(F)c(B2OCC(CCCCC)CO2)c(F)c1. The molecule has 2 nitrogen and oxygen atoms in total. The first kappa shape index (κ1) is 19.4. The van der Waals surface area contributed by atoms with Crippen LogP contribution in [0.3, 0.4) is 0 Å². The van der Waals surface area contributed by atoms with E-state index in [9.17, 15) is 8.78 Å². The number of aryl methyl sites for hydroxylation is 1. The van der Waals surface area contributed by atoms with Gasteiger partial charge < -0.3 is 9.31 Å². The van der Waals surface area contributed by atoms with Gasteiger partial charge in [0.2, 0.25) is 0 Å². The summed E-state index contributed by atoms with van der Waals surface area (Å²) in [4.78, 5) is 0. The Morgan fingerprint density at radius 2 is 1.54 bits per heavy atom. The van der Waals surface area contributed by atoms with Gasteiger partial charge in [-0.3, -0.25) is 0 Å². The molecule has 2 rings (SSSR count).